The van der Waals surface area contributed by atoms with Gasteiger partial charge in [-0.15, -0.1) is 15.3 Å². The van der Waals surface area contributed by atoms with Crippen molar-refractivity contribution in [1.29, 1.82) is 0 Å². The number of anilines is 1. The molecule has 158 valence electrons. The van der Waals surface area contributed by atoms with Crippen LogP contribution in [0.15, 0.2) is 53.7 Å². The second-order valence-corrected chi connectivity index (χ2v) is 7.91. The van der Waals surface area contributed by atoms with Crippen LogP contribution >= 0.6 is 11.8 Å². The van der Waals surface area contributed by atoms with Crippen LogP contribution in [0.2, 0.25) is 0 Å². The third-order valence-corrected chi connectivity index (χ3v) is 5.63. The molecule has 9 nitrogen and oxygen atoms in total. The Balaban J connectivity index is 1.43. The van der Waals surface area contributed by atoms with Gasteiger partial charge in [0.15, 0.2) is 16.8 Å². The number of rotatable bonds is 7. The smallest absolute Gasteiger partial charge is 0.234 e. The lowest BCUT2D eigenvalue weighted by Crippen LogP contribution is -2.14. The molecular formula is C21H22N8OS. The van der Waals surface area contributed by atoms with Crippen LogP contribution in [0.4, 0.5) is 5.69 Å². The Hall–Kier alpha value is -3.53. The minimum Gasteiger partial charge on any atom is -0.325 e. The number of carbonyl (C=O) groups excluding carboxylic acids is 1. The fraction of sp³-hybridized carbons (Fsp3) is 0.238. The first kappa shape index (κ1) is 20.7. The Kier molecular flexibility index (Phi) is 6.08. The summed E-state index contributed by atoms with van der Waals surface area (Å²) in [7, 11) is 1.77. The van der Waals surface area contributed by atoms with Crippen molar-refractivity contribution < 1.29 is 4.79 Å². The van der Waals surface area contributed by atoms with Gasteiger partial charge in [0, 0.05) is 30.4 Å². The monoisotopic (exact) mass is 434 g/mol. The van der Waals surface area contributed by atoms with Crippen molar-refractivity contribution in [2.75, 3.05) is 11.1 Å². The molecule has 2 aromatic heterocycles. The maximum absolute atomic E-state index is 12.5. The second-order valence-electron chi connectivity index (χ2n) is 6.96. The van der Waals surface area contributed by atoms with E-state index in [0.29, 0.717) is 23.2 Å². The Bertz CT molecular complexity index is 1220. The molecule has 1 amide bonds. The van der Waals surface area contributed by atoms with E-state index >= 15 is 0 Å². The topological polar surface area (TPSA) is 103 Å². The maximum atomic E-state index is 12.5. The lowest BCUT2D eigenvalue weighted by molar-refractivity contribution is -0.113. The average Bonchev–Trinajstić information content (AvgIpc) is 3.38. The van der Waals surface area contributed by atoms with Gasteiger partial charge in [-0.05, 0) is 42.5 Å². The molecule has 2 aromatic carbocycles. The quantitative estimate of drug-likeness (QED) is 0.446. The van der Waals surface area contributed by atoms with E-state index in [0.717, 1.165) is 22.5 Å². The number of carbonyl (C=O) groups is 1. The van der Waals surface area contributed by atoms with Crippen LogP contribution < -0.4 is 5.32 Å². The van der Waals surface area contributed by atoms with Crippen molar-refractivity contribution in [2.45, 2.75) is 25.5 Å². The molecule has 1 N–H and O–H groups in total. The zero-order chi connectivity index (χ0) is 21.8. The number of thioether (sulfide) groups is 1. The van der Waals surface area contributed by atoms with Gasteiger partial charge in [-0.2, -0.15) is 0 Å². The number of aromatic nitrogens is 7. The van der Waals surface area contributed by atoms with Crippen LogP contribution in [-0.4, -0.2) is 46.6 Å². The highest BCUT2D eigenvalue weighted by Crippen LogP contribution is 2.25. The Labute approximate surface area is 183 Å². The van der Waals surface area contributed by atoms with Gasteiger partial charge in [-0.25, -0.2) is 4.68 Å². The van der Waals surface area contributed by atoms with Crippen molar-refractivity contribution in [3.05, 3.63) is 54.1 Å². The van der Waals surface area contributed by atoms with E-state index in [2.05, 4.69) is 37.1 Å². The molecule has 4 aromatic rings. The molecule has 0 aliphatic carbocycles. The lowest BCUT2D eigenvalue weighted by atomic mass is 10.1. The molecule has 4 rings (SSSR count). The maximum Gasteiger partial charge on any atom is 0.234 e. The number of benzene rings is 2. The fourth-order valence-electron chi connectivity index (χ4n) is 3.22. The van der Waals surface area contributed by atoms with E-state index < -0.39 is 0 Å². The van der Waals surface area contributed by atoms with Crippen molar-refractivity contribution in [2.24, 2.45) is 7.05 Å². The normalized spacial score (nSPS) is 10.9. The Morgan fingerprint density at radius 3 is 2.52 bits per heavy atom. The lowest BCUT2D eigenvalue weighted by Gasteiger charge is -2.09. The van der Waals surface area contributed by atoms with Gasteiger partial charge < -0.3 is 9.88 Å². The predicted octanol–water partition coefficient (Wildman–Crippen LogP) is 3.19. The van der Waals surface area contributed by atoms with E-state index in [1.165, 1.54) is 11.8 Å². The molecule has 10 heteroatoms. The van der Waals surface area contributed by atoms with E-state index in [9.17, 15) is 4.79 Å². The third-order valence-electron chi connectivity index (χ3n) is 4.67. The molecule has 2 heterocycles. The van der Waals surface area contributed by atoms with Crippen molar-refractivity contribution in [3.8, 4) is 22.8 Å². The summed E-state index contributed by atoms with van der Waals surface area (Å²) >= 11 is 1.36. The summed E-state index contributed by atoms with van der Waals surface area (Å²) in [5, 5.41) is 23.8. The number of hydrogen-bond donors (Lipinski definition) is 1. The molecule has 0 saturated carbocycles. The van der Waals surface area contributed by atoms with Gasteiger partial charge in [-0.3, -0.25) is 4.79 Å². The summed E-state index contributed by atoms with van der Waals surface area (Å²) in [6, 6.07) is 15.6. The number of nitrogens with zero attached hydrogens (tertiary/aromatic N) is 7. The minimum atomic E-state index is -0.124. The zero-order valence-corrected chi connectivity index (χ0v) is 18.3. The van der Waals surface area contributed by atoms with Crippen LogP contribution in [-0.2, 0) is 18.4 Å². The zero-order valence-electron chi connectivity index (χ0n) is 17.5. The summed E-state index contributed by atoms with van der Waals surface area (Å²) in [6.45, 7) is 4.81. The third kappa shape index (κ3) is 4.64. The summed E-state index contributed by atoms with van der Waals surface area (Å²) in [6.07, 6.45) is 0. The first-order chi connectivity index (χ1) is 15.0. The number of nitrogens with one attached hydrogen (secondary N) is 1. The molecular weight excluding hydrogens is 412 g/mol. The van der Waals surface area contributed by atoms with Gasteiger partial charge >= 0.3 is 0 Å². The predicted molar refractivity (Wildman–Crippen MR) is 119 cm³/mol. The van der Waals surface area contributed by atoms with Crippen molar-refractivity contribution >= 4 is 23.4 Å². The Morgan fingerprint density at radius 1 is 1.03 bits per heavy atom. The van der Waals surface area contributed by atoms with Gasteiger partial charge in [0.2, 0.25) is 5.91 Å². The molecule has 31 heavy (non-hydrogen) atoms. The largest absolute Gasteiger partial charge is 0.325 e. The highest BCUT2D eigenvalue weighted by Gasteiger charge is 2.15. The molecule has 0 radical (unpaired) electrons. The number of hydrogen-bond acceptors (Lipinski definition) is 7. The van der Waals surface area contributed by atoms with E-state index in [1.54, 1.807) is 11.7 Å². The van der Waals surface area contributed by atoms with Crippen molar-refractivity contribution in [3.63, 3.8) is 0 Å². The molecule has 0 unspecified atom stereocenters. The van der Waals surface area contributed by atoms with E-state index in [1.807, 2.05) is 60.9 Å². The van der Waals surface area contributed by atoms with Crippen LogP contribution in [0.3, 0.4) is 0 Å². The number of amides is 1. The number of aryl methyl sites for hydroxylation is 2. The van der Waals surface area contributed by atoms with Gasteiger partial charge in [0.25, 0.3) is 0 Å². The van der Waals surface area contributed by atoms with E-state index in [-0.39, 0.29) is 11.7 Å². The standard InChI is InChI=1S/C21H22N8OS/c1-4-29-20(15-8-5-7-14(2)11-15)23-25-21(29)31-13-18(30)22-17-10-6-9-16(12-17)19-24-26-27-28(19)3/h5-12H,4,13H2,1-3H3,(H,22,30). The van der Waals surface area contributed by atoms with Gasteiger partial charge in [0.1, 0.15) is 0 Å². The van der Waals surface area contributed by atoms with Crippen LogP contribution in [0.25, 0.3) is 22.8 Å². The summed E-state index contributed by atoms with van der Waals surface area (Å²) in [4.78, 5) is 12.5. The molecule has 0 saturated heterocycles. The summed E-state index contributed by atoms with van der Waals surface area (Å²) in [5.41, 5.74) is 3.69. The minimum absolute atomic E-state index is 0.124. The summed E-state index contributed by atoms with van der Waals surface area (Å²) in [5.74, 6) is 1.53. The molecule has 0 spiro atoms. The van der Waals surface area contributed by atoms with Crippen LogP contribution in [0.5, 0.6) is 0 Å². The summed E-state index contributed by atoms with van der Waals surface area (Å²) < 4.78 is 3.61. The Morgan fingerprint density at radius 2 is 1.81 bits per heavy atom. The molecule has 0 aliphatic heterocycles. The molecule has 0 atom stereocenters. The molecule has 0 fully saturated rings. The SMILES string of the molecule is CCn1c(SCC(=O)Nc2cccc(-c3nnnn3C)c2)nnc1-c1cccc(C)c1. The second kappa shape index (κ2) is 9.09. The van der Waals surface area contributed by atoms with Gasteiger partial charge in [0.05, 0.1) is 5.75 Å². The number of tetrazole rings is 1. The highest BCUT2D eigenvalue weighted by atomic mass is 32.2. The molecule has 0 bridgehead atoms. The average molecular weight is 435 g/mol. The highest BCUT2D eigenvalue weighted by molar-refractivity contribution is 7.99. The first-order valence-electron chi connectivity index (χ1n) is 9.81. The van der Waals surface area contributed by atoms with Crippen molar-refractivity contribution in [1.82, 2.24) is 35.0 Å². The van der Waals surface area contributed by atoms with Crippen LogP contribution in [0.1, 0.15) is 12.5 Å². The van der Waals surface area contributed by atoms with Gasteiger partial charge in [-0.1, -0.05) is 47.7 Å². The molecule has 0 aliphatic rings. The van der Waals surface area contributed by atoms with Crippen LogP contribution in [0, 0.1) is 6.92 Å². The first-order valence-corrected chi connectivity index (χ1v) is 10.8. The van der Waals surface area contributed by atoms with E-state index in [4.69, 9.17) is 0 Å². The fourth-order valence-corrected chi connectivity index (χ4v) is 4.02.